The van der Waals surface area contributed by atoms with Crippen molar-refractivity contribution < 1.29 is 14.2 Å². The molecule has 0 spiro atoms. The number of hydrogen-bond donors (Lipinski definition) is 3. The third-order valence-corrected chi connectivity index (χ3v) is 5.05. The van der Waals surface area contributed by atoms with E-state index in [-0.39, 0.29) is 42.3 Å². The number of hydrogen-bond acceptors (Lipinski definition) is 4. The Kier molecular flexibility index (Phi) is 10.3. The van der Waals surface area contributed by atoms with Crippen LogP contribution in [0.25, 0.3) is 0 Å². The molecule has 6 nitrogen and oxygen atoms in total. The van der Waals surface area contributed by atoms with Crippen LogP contribution in [0.5, 0.6) is 0 Å². The second kappa shape index (κ2) is 12.7. The van der Waals surface area contributed by atoms with E-state index in [4.69, 9.17) is 4.74 Å². The second-order valence-electron chi connectivity index (χ2n) is 6.98. The maximum atomic E-state index is 14.5. The average Bonchev–Trinajstić information content (AvgIpc) is 2.77. The maximum absolute atomic E-state index is 14.5. The zero-order chi connectivity index (χ0) is 20.5. The van der Waals surface area contributed by atoms with Crippen LogP contribution in [-0.2, 0) is 11.3 Å². The van der Waals surface area contributed by atoms with Crippen LogP contribution >= 0.6 is 24.0 Å². The lowest BCUT2D eigenvalue weighted by Crippen LogP contribution is -2.39. The molecule has 30 heavy (non-hydrogen) atoms. The Morgan fingerprint density at radius 1 is 1.17 bits per heavy atom. The third kappa shape index (κ3) is 6.82. The summed E-state index contributed by atoms with van der Waals surface area (Å²) in [5.41, 5.74) is 2.52. The molecule has 2 aromatic rings. The molecule has 1 atom stereocenters. The van der Waals surface area contributed by atoms with Crippen molar-refractivity contribution in [2.75, 3.05) is 51.4 Å². The van der Waals surface area contributed by atoms with E-state index >= 15 is 0 Å². The number of guanidine groups is 1. The smallest absolute Gasteiger partial charge is 0.191 e. The fraction of sp³-hybridized carbons (Fsp3) is 0.409. The Hall–Kier alpha value is -1.91. The summed E-state index contributed by atoms with van der Waals surface area (Å²) in [6.45, 7) is 3.71. The molecule has 0 aromatic heterocycles. The first-order chi connectivity index (χ1) is 14.2. The Labute approximate surface area is 194 Å². The Bertz CT molecular complexity index is 801. The van der Waals surface area contributed by atoms with Gasteiger partial charge >= 0.3 is 0 Å². The highest BCUT2D eigenvalue weighted by molar-refractivity contribution is 14.0. The summed E-state index contributed by atoms with van der Waals surface area (Å²) in [5.74, 6) is 0.357. The molecule has 0 amide bonds. The van der Waals surface area contributed by atoms with Crippen LogP contribution in [0, 0.1) is 5.82 Å². The normalized spacial score (nSPS) is 15.3. The summed E-state index contributed by atoms with van der Waals surface area (Å²) in [6, 6.07) is 15.2. The SMILES string of the molecule is CN=C(NCc1ccc(N2CCOCC2)c(F)c1)NCC(CO)c1ccccc1.I. The largest absolute Gasteiger partial charge is 0.396 e. The molecule has 164 valence electrons. The van der Waals surface area contributed by atoms with Crippen molar-refractivity contribution in [1.82, 2.24) is 10.6 Å². The molecule has 1 aliphatic rings. The quantitative estimate of drug-likeness (QED) is 0.293. The molecule has 0 radical (unpaired) electrons. The number of anilines is 1. The van der Waals surface area contributed by atoms with Crippen molar-refractivity contribution in [3.63, 3.8) is 0 Å². The third-order valence-electron chi connectivity index (χ3n) is 5.05. The summed E-state index contributed by atoms with van der Waals surface area (Å²) < 4.78 is 19.9. The first-order valence-electron chi connectivity index (χ1n) is 9.92. The highest BCUT2D eigenvalue weighted by atomic mass is 127. The minimum atomic E-state index is -0.224. The Morgan fingerprint density at radius 3 is 2.53 bits per heavy atom. The maximum Gasteiger partial charge on any atom is 0.191 e. The number of aliphatic hydroxyl groups excluding tert-OH is 1. The molecule has 8 heteroatoms. The van der Waals surface area contributed by atoms with Gasteiger partial charge in [-0.15, -0.1) is 24.0 Å². The predicted molar refractivity (Wildman–Crippen MR) is 129 cm³/mol. The zero-order valence-corrected chi connectivity index (χ0v) is 19.5. The number of halogens is 2. The van der Waals surface area contributed by atoms with Crippen molar-refractivity contribution in [2.24, 2.45) is 4.99 Å². The van der Waals surface area contributed by atoms with Crippen LogP contribution in [-0.4, -0.2) is 57.6 Å². The lowest BCUT2D eigenvalue weighted by atomic mass is 10.0. The summed E-state index contributed by atoms with van der Waals surface area (Å²) in [5, 5.41) is 16.1. The van der Waals surface area contributed by atoms with Gasteiger partial charge in [0.2, 0.25) is 0 Å². The van der Waals surface area contributed by atoms with Gasteiger partial charge in [0, 0.05) is 39.1 Å². The number of rotatable bonds is 7. The highest BCUT2D eigenvalue weighted by Crippen LogP contribution is 2.21. The molecule has 0 saturated carbocycles. The Balaban J connectivity index is 0.00000320. The molecule has 1 fully saturated rings. The van der Waals surface area contributed by atoms with Gasteiger partial charge in [-0.2, -0.15) is 0 Å². The van der Waals surface area contributed by atoms with Crippen LogP contribution < -0.4 is 15.5 Å². The molecule has 1 unspecified atom stereocenters. The molecular weight excluding hydrogens is 498 g/mol. The van der Waals surface area contributed by atoms with Crippen LogP contribution in [0.15, 0.2) is 53.5 Å². The van der Waals surface area contributed by atoms with Gasteiger partial charge in [-0.3, -0.25) is 4.99 Å². The predicted octanol–water partition coefficient (Wildman–Crippen LogP) is 2.72. The number of ether oxygens (including phenoxy) is 1. The molecule has 0 bridgehead atoms. The van der Waals surface area contributed by atoms with Gasteiger partial charge in [0.05, 0.1) is 25.5 Å². The van der Waals surface area contributed by atoms with E-state index in [2.05, 4.69) is 15.6 Å². The molecular formula is C22H30FIN4O2. The van der Waals surface area contributed by atoms with Gasteiger partial charge < -0.3 is 25.4 Å². The van der Waals surface area contributed by atoms with Crippen molar-refractivity contribution in [1.29, 1.82) is 0 Å². The van der Waals surface area contributed by atoms with Gasteiger partial charge in [0.1, 0.15) is 5.82 Å². The van der Waals surface area contributed by atoms with Gasteiger partial charge in [-0.05, 0) is 23.3 Å². The lowest BCUT2D eigenvalue weighted by molar-refractivity contribution is 0.122. The molecule has 1 aliphatic heterocycles. The van der Waals surface area contributed by atoms with Crippen LogP contribution in [0.1, 0.15) is 17.0 Å². The lowest BCUT2D eigenvalue weighted by Gasteiger charge is -2.29. The number of morpholine rings is 1. The first kappa shape index (κ1) is 24.4. The minimum absolute atomic E-state index is 0. The number of nitrogens with one attached hydrogen (secondary N) is 2. The minimum Gasteiger partial charge on any atom is -0.396 e. The Morgan fingerprint density at radius 2 is 1.90 bits per heavy atom. The van der Waals surface area contributed by atoms with Gasteiger partial charge in [0.15, 0.2) is 5.96 Å². The summed E-state index contributed by atoms with van der Waals surface area (Å²) in [7, 11) is 1.69. The van der Waals surface area contributed by atoms with Crippen LogP contribution in [0.4, 0.5) is 10.1 Å². The number of benzene rings is 2. The molecule has 1 saturated heterocycles. The standard InChI is InChI=1S/C22H29FN4O2.HI/c1-24-22(26-15-19(16-28)18-5-3-2-4-6-18)25-14-17-7-8-21(20(23)13-17)27-9-11-29-12-10-27;/h2-8,13,19,28H,9-12,14-16H2,1H3,(H2,24,25,26);1H. The van der Waals surface area contributed by atoms with E-state index in [9.17, 15) is 9.50 Å². The molecule has 0 aliphatic carbocycles. The van der Waals surface area contributed by atoms with E-state index in [1.54, 1.807) is 13.1 Å². The molecule has 1 heterocycles. The van der Waals surface area contributed by atoms with Crippen molar-refractivity contribution in [3.05, 3.63) is 65.5 Å². The summed E-state index contributed by atoms with van der Waals surface area (Å²) in [6.07, 6.45) is 0. The average molecular weight is 528 g/mol. The van der Waals surface area contributed by atoms with Crippen molar-refractivity contribution >= 4 is 35.6 Å². The van der Waals surface area contributed by atoms with Crippen molar-refractivity contribution in [3.8, 4) is 0 Å². The molecule has 2 aromatic carbocycles. The summed E-state index contributed by atoms with van der Waals surface area (Å²) in [4.78, 5) is 6.22. The topological polar surface area (TPSA) is 69.1 Å². The van der Waals surface area contributed by atoms with Gasteiger partial charge in [-0.1, -0.05) is 36.4 Å². The van der Waals surface area contributed by atoms with E-state index in [1.807, 2.05) is 47.4 Å². The van der Waals surface area contributed by atoms with Crippen LogP contribution in [0.3, 0.4) is 0 Å². The fourth-order valence-electron chi connectivity index (χ4n) is 3.36. The zero-order valence-electron chi connectivity index (χ0n) is 17.2. The van der Waals surface area contributed by atoms with Crippen molar-refractivity contribution in [2.45, 2.75) is 12.5 Å². The number of nitrogens with zero attached hydrogens (tertiary/aromatic N) is 2. The second-order valence-corrected chi connectivity index (χ2v) is 6.98. The molecule has 3 rings (SSSR count). The molecule has 3 N–H and O–H groups in total. The summed E-state index contributed by atoms with van der Waals surface area (Å²) >= 11 is 0. The highest BCUT2D eigenvalue weighted by Gasteiger charge is 2.15. The fourth-order valence-corrected chi connectivity index (χ4v) is 3.36. The van der Waals surface area contributed by atoms with E-state index in [0.29, 0.717) is 51.0 Å². The van der Waals surface area contributed by atoms with Crippen LogP contribution in [0.2, 0.25) is 0 Å². The first-order valence-corrected chi connectivity index (χ1v) is 9.92. The monoisotopic (exact) mass is 528 g/mol. The van der Waals surface area contributed by atoms with Gasteiger partial charge in [-0.25, -0.2) is 4.39 Å². The van der Waals surface area contributed by atoms with Gasteiger partial charge in [0.25, 0.3) is 0 Å². The number of aliphatic hydroxyl groups is 1. The van der Waals surface area contributed by atoms with E-state index < -0.39 is 0 Å². The van der Waals surface area contributed by atoms with E-state index in [0.717, 1.165) is 11.1 Å². The van der Waals surface area contributed by atoms with E-state index in [1.165, 1.54) is 0 Å². The number of aliphatic imine (C=N–C) groups is 1.